The Hall–Kier alpha value is -1.59. The van der Waals surface area contributed by atoms with E-state index in [1.165, 1.54) is 18.9 Å². The van der Waals surface area contributed by atoms with Gasteiger partial charge in [0.15, 0.2) is 0 Å². The fourth-order valence-electron chi connectivity index (χ4n) is 1.38. The third kappa shape index (κ3) is 7.32. The maximum atomic E-state index is 11.5. The van der Waals surface area contributed by atoms with Gasteiger partial charge in [-0.2, -0.15) is 0 Å². The third-order valence-corrected chi connectivity index (χ3v) is 2.34. The predicted octanol–water partition coefficient (Wildman–Crippen LogP) is 0.224. The lowest BCUT2D eigenvalue weighted by atomic mass is 10.1. The lowest BCUT2D eigenvalue weighted by Crippen LogP contribution is -2.43. The summed E-state index contributed by atoms with van der Waals surface area (Å²) < 4.78 is 0. The summed E-state index contributed by atoms with van der Waals surface area (Å²) in [6.45, 7) is 3.24. The molecule has 0 rings (SSSR count). The van der Waals surface area contributed by atoms with Gasteiger partial charge in [0.1, 0.15) is 0 Å². The highest BCUT2D eigenvalue weighted by molar-refractivity contribution is 5.84. The smallest absolute Gasteiger partial charge is 0.305 e. The normalized spacial score (nSPS) is 11.7. The van der Waals surface area contributed by atoms with Gasteiger partial charge in [-0.3, -0.25) is 14.4 Å². The molecule has 0 aliphatic carbocycles. The van der Waals surface area contributed by atoms with Crippen LogP contribution in [0.2, 0.25) is 0 Å². The molecule has 0 saturated carbocycles. The number of aliphatic carboxylic acids is 1. The maximum absolute atomic E-state index is 11.5. The third-order valence-electron chi connectivity index (χ3n) is 2.34. The first-order valence-corrected chi connectivity index (χ1v) is 5.59. The van der Waals surface area contributed by atoms with Gasteiger partial charge in [0.05, 0.1) is 13.0 Å². The Kier molecular flexibility index (Phi) is 6.93. The Bertz CT molecular complexity index is 291. The summed E-state index contributed by atoms with van der Waals surface area (Å²) in [5, 5.41) is 11.3. The van der Waals surface area contributed by atoms with Crippen molar-refractivity contribution in [2.75, 3.05) is 13.6 Å². The van der Waals surface area contributed by atoms with Crippen LogP contribution in [0, 0.1) is 0 Å². The van der Waals surface area contributed by atoms with Crippen LogP contribution in [0.15, 0.2) is 0 Å². The van der Waals surface area contributed by atoms with Crippen LogP contribution in [0.4, 0.5) is 0 Å². The number of carboxylic acid groups (broad SMARTS) is 1. The molecule has 0 saturated heterocycles. The summed E-state index contributed by atoms with van der Waals surface area (Å²) in [6, 6.07) is -0.370. The molecule has 0 aromatic heterocycles. The average Bonchev–Trinajstić information content (AvgIpc) is 2.16. The predicted molar refractivity (Wildman–Crippen MR) is 62.4 cm³/mol. The molecule has 0 spiro atoms. The molecule has 2 N–H and O–H groups in total. The minimum atomic E-state index is -0.941. The molecule has 6 heteroatoms. The van der Waals surface area contributed by atoms with Crippen molar-refractivity contribution in [3.8, 4) is 0 Å². The van der Waals surface area contributed by atoms with Gasteiger partial charge >= 0.3 is 5.97 Å². The van der Waals surface area contributed by atoms with Gasteiger partial charge in [0.2, 0.25) is 11.8 Å². The Morgan fingerprint density at radius 2 is 1.94 bits per heavy atom. The van der Waals surface area contributed by atoms with Crippen LogP contribution in [0.25, 0.3) is 0 Å². The van der Waals surface area contributed by atoms with Crippen molar-refractivity contribution >= 4 is 17.8 Å². The van der Waals surface area contributed by atoms with E-state index in [9.17, 15) is 14.4 Å². The van der Waals surface area contributed by atoms with Gasteiger partial charge in [-0.15, -0.1) is 0 Å². The summed E-state index contributed by atoms with van der Waals surface area (Å²) in [5.41, 5.74) is 0. The Labute approximate surface area is 101 Å². The second kappa shape index (κ2) is 7.65. The molecule has 6 nitrogen and oxygen atoms in total. The summed E-state index contributed by atoms with van der Waals surface area (Å²) in [6.07, 6.45) is 1.31. The van der Waals surface area contributed by atoms with E-state index in [0.29, 0.717) is 6.42 Å². The zero-order valence-electron chi connectivity index (χ0n) is 10.5. The van der Waals surface area contributed by atoms with Crippen LogP contribution < -0.4 is 5.32 Å². The van der Waals surface area contributed by atoms with Crippen molar-refractivity contribution in [3.63, 3.8) is 0 Å². The molecule has 0 aliphatic heterocycles. The van der Waals surface area contributed by atoms with Gasteiger partial charge in [0.25, 0.3) is 0 Å². The van der Waals surface area contributed by atoms with Crippen LogP contribution in [0.1, 0.15) is 33.1 Å². The summed E-state index contributed by atoms with van der Waals surface area (Å²) in [5.74, 6) is -1.48. The molecule has 98 valence electrons. The number of carbonyl (C=O) groups is 3. The van der Waals surface area contributed by atoms with Gasteiger partial charge < -0.3 is 15.3 Å². The zero-order valence-corrected chi connectivity index (χ0v) is 10.5. The topological polar surface area (TPSA) is 86.7 Å². The Balaban J connectivity index is 4.20. The first-order valence-electron chi connectivity index (χ1n) is 5.59. The molecule has 2 amide bonds. The molecular weight excluding hydrogens is 224 g/mol. The second-order valence-electron chi connectivity index (χ2n) is 4.03. The maximum Gasteiger partial charge on any atom is 0.305 e. The Morgan fingerprint density at radius 1 is 1.35 bits per heavy atom. The molecule has 0 heterocycles. The minimum Gasteiger partial charge on any atom is -0.481 e. The van der Waals surface area contributed by atoms with Crippen molar-refractivity contribution in [2.24, 2.45) is 0 Å². The van der Waals surface area contributed by atoms with Gasteiger partial charge in [-0.05, 0) is 6.42 Å². The van der Waals surface area contributed by atoms with Crippen LogP contribution in [-0.4, -0.2) is 47.4 Å². The fraction of sp³-hybridized carbons (Fsp3) is 0.727. The Morgan fingerprint density at radius 3 is 2.35 bits per heavy atom. The standard InChI is InChI=1S/C11H20N2O4/c1-4-5-9(6-11(16)17)12-10(15)7-13(3)8(2)14/h9H,4-7H2,1-3H3,(H,12,15)(H,16,17). The van der Waals surface area contributed by atoms with Crippen molar-refractivity contribution in [3.05, 3.63) is 0 Å². The monoisotopic (exact) mass is 244 g/mol. The van der Waals surface area contributed by atoms with Crippen molar-refractivity contribution in [1.29, 1.82) is 0 Å². The van der Waals surface area contributed by atoms with Gasteiger partial charge in [0, 0.05) is 20.0 Å². The summed E-state index contributed by atoms with van der Waals surface area (Å²) in [7, 11) is 1.52. The average molecular weight is 244 g/mol. The number of nitrogens with one attached hydrogen (secondary N) is 1. The number of amides is 2. The quantitative estimate of drug-likeness (QED) is 0.671. The molecular formula is C11H20N2O4. The highest BCUT2D eigenvalue weighted by atomic mass is 16.4. The van der Waals surface area contributed by atoms with E-state index >= 15 is 0 Å². The molecule has 17 heavy (non-hydrogen) atoms. The number of likely N-dealkylation sites (N-methyl/N-ethyl adjacent to an activating group) is 1. The first-order chi connectivity index (χ1) is 7.86. The number of hydrogen-bond acceptors (Lipinski definition) is 3. The fourth-order valence-corrected chi connectivity index (χ4v) is 1.38. The SMILES string of the molecule is CCCC(CC(=O)O)NC(=O)CN(C)C(C)=O. The number of carbonyl (C=O) groups excluding carboxylic acids is 2. The highest BCUT2D eigenvalue weighted by Gasteiger charge is 2.16. The van der Waals surface area contributed by atoms with Crippen LogP contribution >= 0.6 is 0 Å². The van der Waals surface area contributed by atoms with E-state index in [1.54, 1.807) is 0 Å². The van der Waals surface area contributed by atoms with E-state index in [1.807, 2.05) is 6.92 Å². The van der Waals surface area contributed by atoms with Crippen molar-refractivity contribution in [1.82, 2.24) is 10.2 Å². The van der Waals surface area contributed by atoms with Crippen LogP contribution in [-0.2, 0) is 14.4 Å². The van der Waals surface area contributed by atoms with E-state index in [2.05, 4.69) is 5.32 Å². The first kappa shape index (κ1) is 15.4. The lowest BCUT2D eigenvalue weighted by molar-refractivity contribution is -0.138. The van der Waals surface area contributed by atoms with Gasteiger partial charge in [-0.25, -0.2) is 0 Å². The minimum absolute atomic E-state index is 0.0465. The van der Waals surface area contributed by atoms with Gasteiger partial charge in [-0.1, -0.05) is 13.3 Å². The lowest BCUT2D eigenvalue weighted by Gasteiger charge is -2.19. The molecule has 0 bridgehead atoms. The van der Waals surface area contributed by atoms with E-state index in [0.717, 1.165) is 6.42 Å². The van der Waals surface area contributed by atoms with E-state index in [4.69, 9.17) is 5.11 Å². The molecule has 0 fully saturated rings. The summed E-state index contributed by atoms with van der Waals surface area (Å²) in [4.78, 5) is 34.3. The highest BCUT2D eigenvalue weighted by Crippen LogP contribution is 2.02. The van der Waals surface area contributed by atoms with Crippen molar-refractivity contribution in [2.45, 2.75) is 39.2 Å². The molecule has 0 aliphatic rings. The molecule has 1 atom stereocenters. The zero-order chi connectivity index (χ0) is 13.4. The van der Waals surface area contributed by atoms with E-state index in [-0.39, 0.29) is 30.8 Å². The van der Waals surface area contributed by atoms with Crippen LogP contribution in [0.5, 0.6) is 0 Å². The molecule has 0 radical (unpaired) electrons. The molecule has 0 aromatic carbocycles. The number of rotatable bonds is 7. The summed E-state index contributed by atoms with van der Waals surface area (Å²) >= 11 is 0. The molecule has 0 aromatic rings. The number of nitrogens with zero attached hydrogens (tertiary/aromatic N) is 1. The number of hydrogen-bond donors (Lipinski definition) is 2. The number of carboxylic acids is 1. The van der Waals surface area contributed by atoms with Crippen LogP contribution in [0.3, 0.4) is 0 Å². The molecule has 1 unspecified atom stereocenters. The van der Waals surface area contributed by atoms with Crippen molar-refractivity contribution < 1.29 is 19.5 Å². The second-order valence-corrected chi connectivity index (χ2v) is 4.03. The van der Waals surface area contributed by atoms with E-state index < -0.39 is 5.97 Å². The largest absolute Gasteiger partial charge is 0.481 e.